The lowest BCUT2D eigenvalue weighted by molar-refractivity contribution is -0.387. The van der Waals surface area contributed by atoms with Crippen LogP contribution in [0.4, 0.5) is 17.2 Å². The molecule has 2 rings (SSSR count). The second kappa shape index (κ2) is 5.41. The van der Waals surface area contributed by atoms with Crippen molar-refractivity contribution < 1.29 is 14.6 Å². The smallest absolute Gasteiger partial charge is 0.331 e. The molecule has 0 spiro atoms. The number of hydrogen-bond acceptors (Lipinski definition) is 7. The number of anilines is 1. The van der Waals surface area contributed by atoms with Crippen LogP contribution in [0.2, 0.25) is 0 Å². The number of nitro benzene ring substituents is 1. The van der Waals surface area contributed by atoms with Gasteiger partial charge >= 0.3 is 17.3 Å². The molecule has 0 fully saturated rings. The monoisotopic (exact) mass is 290 g/mol. The molecule has 21 heavy (non-hydrogen) atoms. The Hall–Kier alpha value is -3.23. The van der Waals surface area contributed by atoms with Crippen LogP contribution >= 0.6 is 0 Å². The van der Waals surface area contributed by atoms with Crippen molar-refractivity contribution in [3.63, 3.8) is 0 Å². The van der Waals surface area contributed by atoms with Crippen LogP contribution in [0.25, 0.3) is 0 Å². The van der Waals surface area contributed by atoms with Crippen molar-refractivity contribution >= 4 is 17.2 Å². The molecule has 1 aromatic carbocycles. The first-order valence-corrected chi connectivity index (χ1v) is 5.72. The van der Waals surface area contributed by atoms with Crippen LogP contribution in [0.1, 0.15) is 5.56 Å². The van der Waals surface area contributed by atoms with Crippen LogP contribution in [0, 0.1) is 27.2 Å². The Labute approximate surface area is 118 Å². The summed E-state index contributed by atoms with van der Waals surface area (Å²) in [5.74, 6) is -0.527. The molecule has 0 radical (unpaired) electrons. The number of nitrogen functional groups attached to an aromatic ring is 1. The highest BCUT2D eigenvalue weighted by molar-refractivity contribution is 5.53. The second-order valence-corrected chi connectivity index (χ2v) is 4.15. The average molecular weight is 290 g/mol. The maximum atomic E-state index is 11.0. The minimum atomic E-state index is -0.705. The van der Waals surface area contributed by atoms with Crippen molar-refractivity contribution in [1.82, 2.24) is 4.98 Å². The Morgan fingerprint density at radius 1 is 1.10 bits per heavy atom. The molecule has 9 nitrogen and oxygen atoms in total. The summed E-state index contributed by atoms with van der Waals surface area (Å²) in [4.78, 5) is 24.2. The topological polar surface area (TPSA) is 134 Å². The van der Waals surface area contributed by atoms with Gasteiger partial charge in [0.2, 0.25) is 5.75 Å². The molecule has 0 saturated carbocycles. The van der Waals surface area contributed by atoms with E-state index in [0.29, 0.717) is 5.56 Å². The van der Waals surface area contributed by atoms with E-state index in [1.54, 1.807) is 6.92 Å². The van der Waals surface area contributed by atoms with E-state index in [0.717, 1.165) is 6.07 Å². The van der Waals surface area contributed by atoms with Crippen molar-refractivity contribution in [2.24, 2.45) is 0 Å². The van der Waals surface area contributed by atoms with E-state index < -0.39 is 21.4 Å². The Morgan fingerprint density at radius 2 is 1.71 bits per heavy atom. The van der Waals surface area contributed by atoms with Gasteiger partial charge in [0.05, 0.1) is 9.85 Å². The van der Waals surface area contributed by atoms with E-state index in [9.17, 15) is 20.2 Å². The highest BCUT2D eigenvalue weighted by Crippen LogP contribution is 2.35. The van der Waals surface area contributed by atoms with Gasteiger partial charge in [0.1, 0.15) is 5.82 Å². The first kappa shape index (κ1) is 14.2. The molecule has 2 aromatic rings. The predicted octanol–water partition coefficient (Wildman–Crippen LogP) is 2.58. The molecule has 0 aliphatic carbocycles. The third kappa shape index (κ3) is 3.03. The summed E-state index contributed by atoms with van der Waals surface area (Å²) in [6.07, 6.45) is 0. The lowest BCUT2D eigenvalue weighted by Crippen LogP contribution is -2.00. The fourth-order valence-corrected chi connectivity index (χ4v) is 1.62. The minimum Gasteiger partial charge on any atom is -0.426 e. The fraction of sp³-hybridized carbons (Fsp3) is 0.0833. The zero-order valence-corrected chi connectivity index (χ0v) is 10.8. The minimum absolute atomic E-state index is 0.00547. The summed E-state index contributed by atoms with van der Waals surface area (Å²) in [6, 6.07) is 6.55. The van der Waals surface area contributed by atoms with Gasteiger partial charge < -0.3 is 10.5 Å². The number of hydrogen-bond donors (Lipinski definition) is 1. The van der Waals surface area contributed by atoms with Gasteiger partial charge in [-0.05, 0) is 24.6 Å². The molecule has 108 valence electrons. The summed E-state index contributed by atoms with van der Waals surface area (Å²) >= 11 is 0. The maximum absolute atomic E-state index is 11.0. The van der Waals surface area contributed by atoms with Crippen molar-refractivity contribution in [2.45, 2.75) is 6.92 Å². The van der Waals surface area contributed by atoms with Crippen LogP contribution in [0.15, 0.2) is 30.3 Å². The van der Waals surface area contributed by atoms with Crippen LogP contribution in [0.5, 0.6) is 11.6 Å². The molecule has 1 aromatic heterocycles. The maximum Gasteiger partial charge on any atom is 0.331 e. The Bertz CT molecular complexity index is 670. The van der Waals surface area contributed by atoms with Gasteiger partial charge in [-0.1, -0.05) is 6.07 Å². The van der Waals surface area contributed by atoms with Gasteiger partial charge in [0, 0.05) is 12.1 Å². The van der Waals surface area contributed by atoms with E-state index >= 15 is 0 Å². The van der Waals surface area contributed by atoms with E-state index in [-0.39, 0.29) is 17.3 Å². The summed E-state index contributed by atoms with van der Waals surface area (Å²) in [5.41, 5.74) is 5.41. The van der Waals surface area contributed by atoms with Crippen molar-refractivity contribution in [3.8, 4) is 11.6 Å². The molecule has 2 N–H and O–H groups in total. The first-order valence-electron chi connectivity index (χ1n) is 5.72. The molecular formula is C12H10N4O5. The van der Waals surface area contributed by atoms with Gasteiger partial charge in [-0.3, -0.25) is 20.2 Å². The normalized spacial score (nSPS) is 10.1. The standard InChI is InChI=1S/C12H10N4O5/c1-7-2-3-8(15(17)18)10(6-7)21-12-9(16(19)20)4-5-11(13)14-12/h2-6H,1H3,(H2,13,14). The van der Waals surface area contributed by atoms with E-state index in [1.165, 1.54) is 24.3 Å². The predicted molar refractivity (Wildman–Crippen MR) is 73.2 cm³/mol. The highest BCUT2D eigenvalue weighted by atomic mass is 16.6. The Balaban J connectivity index is 2.52. The number of aromatic nitrogens is 1. The van der Waals surface area contributed by atoms with Crippen LogP contribution in [-0.4, -0.2) is 14.8 Å². The third-order valence-electron chi connectivity index (χ3n) is 2.58. The first-order chi connectivity index (χ1) is 9.88. The Morgan fingerprint density at radius 3 is 2.33 bits per heavy atom. The molecule has 9 heteroatoms. The zero-order chi connectivity index (χ0) is 15.6. The summed E-state index contributed by atoms with van der Waals surface area (Å²) in [7, 11) is 0. The highest BCUT2D eigenvalue weighted by Gasteiger charge is 2.22. The van der Waals surface area contributed by atoms with Crippen LogP contribution in [0.3, 0.4) is 0 Å². The number of rotatable bonds is 4. The van der Waals surface area contributed by atoms with Gasteiger partial charge in [0.25, 0.3) is 0 Å². The molecule has 1 heterocycles. The van der Waals surface area contributed by atoms with Gasteiger partial charge in [0.15, 0.2) is 0 Å². The average Bonchev–Trinajstić information content (AvgIpc) is 2.38. The van der Waals surface area contributed by atoms with Crippen molar-refractivity contribution in [3.05, 3.63) is 56.1 Å². The largest absolute Gasteiger partial charge is 0.426 e. The summed E-state index contributed by atoms with van der Waals surface area (Å²) in [6.45, 7) is 1.71. The van der Waals surface area contributed by atoms with Crippen molar-refractivity contribution in [1.29, 1.82) is 0 Å². The van der Waals surface area contributed by atoms with E-state index in [1.807, 2.05) is 0 Å². The van der Waals surface area contributed by atoms with Gasteiger partial charge in [-0.25, -0.2) is 0 Å². The molecule has 0 saturated heterocycles. The molecule has 0 aliphatic rings. The van der Waals surface area contributed by atoms with E-state index in [4.69, 9.17) is 10.5 Å². The van der Waals surface area contributed by atoms with Gasteiger partial charge in [-0.2, -0.15) is 4.98 Å². The molecule has 0 atom stereocenters. The zero-order valence-electron chi connectivity index (χ0n) is 10.8. The molecule has 0 unspecified atom stereocenters. The number of ether oxygens (including phenoxy) is 1. The number of pyridine rings is 1. The fourth-order valence-electron chi connectivity index (χ4n) is 1.62. The summed E-state index contributed by atoms with van der Waals surface area (Å²) < 4.78 is 5.25. The second-order valence-electron chi connectivity index (χ2n) is 4.15. The number of aryl methyl sites for hydroxylation is 1. The number of benzene rings is 1. The van der Waals surface area contributed by atoms with E-state index in [2.05, 4.69) is 4.98 Å². The van der Waals surface area contributed by atoms with Gasteiger partial charge in [-0.15, -0.1) is 0 Å². The molecule has 0 aliphatic heterocycles. The quantitative estimate of drug-likeness (QED) is 0.675. The van der Waals surface area contributed by atoms with Crippen LogP contribution in [-0.2, 0) is 0 Å². The summed E-state index contributed by atoms with van der Waals surface area (Å²) in [5, 5.41) is 21.9. The third-order valence-corrected chi connectivity index (χ3v) is 2.58. The SMILES string of the molecule is Cc1ccc([N+](=O)[O-])c(Oc2nc(N)ccc2[N+](=O)[O-])c1. The molecular weight excluding hydrogens is 280 g/mol. The molecule has 0 amide bonds. The lowest BCUT2D eigenvalue weighted by atomic mass is 10.2. The lowest BCUT2D eigenvalue weighted by Gasteiger charge is -2.07. The Kier molecular flexibility index (Phi) is 3.65. The van der Waals surface area contributed by atoms with Crippen LogP contribution < -0.4 is 10.5 Å². The van der Waals surface area contributed by atoms with Crippen molar-refractivity contribution in [2.75, 3.05) is 5.73 Å². The number of nitro groups is 2. The molecule has 0 bridgehead atoms. The number of nitrogens with two attached hydrogens (primary N) is 1. The number of nitrogens with zero attached hydrogens (tertiary/aromatic N) is 3.